The molecule has 19 heavy (non-hydrogen) atoms. The molecule has 0 radical (unpaired) electrons. The van der Waals surface area contributed by atoms with Crippen LogP contribution in [-0.4, -0.2) is 19.8 Å². The Morgan fingerprint density at radius 1 is 1.32 bits per heavy atom. The summed E-state index contributed by atoms with van der Waals surface area (Å²) in [4.78, 5) is 4.76. The van der Waals surface area contributed by atoms with Crippen molar-refractivity contribution in [3.8, 4) is 0 Å². The standard InChI is InChI=1S/C15H26N2OSi/c1-15(2,3)19(4,5)18-11-13-7-6-12-10-16-9-8-14(12)17-13/h6-7,16H,8-11H2,1-5H3. The fourth-order valence-electron chi connectivity index (χ4n) is 1.93. The Bertz CT molecular complexity index is 452. The van der Waals surface area contributed by atoms with Crippen molar-refractivity contribution in [2.45, 2.75) is 58.5 Å². The van der Waals surface area contributed by atoms with Crippen LogP contribution in [0.25, 0.3) is 0 Å². The van der Waals surface area contributed by atoms with E-state index >= 15 is 0 Å². The van der Waals surface area contributed by atoms with Crippen LogP contribution in [0, 0.1) is 0 Å². The fourth-order valence-corrected chi connectivity index (χ4v) is 2.88. The second kappa shape index (κ2) is 5.35. The van der Waals surface area contributed by atoms with Crippen LogP contribution in [-0.2, 0) is 24.0 Å². The van der Waals surface area contributed by atoms with Gasteiger partial charge >= 0.3 is 0 Å². The number of hydrogen-bond acceptors (Lipinski definition) is 3. The highest BCUT2D eigenvalue weighted by Gasteiger charge is 2.37. The molecule has 4 heteroatoms. The summed E-state index contributed by atoms with van der Waals surface area (Å²) in [5, 5.41) is 3.63. The van der Waals surface area contributed by atoms with Crippen LogP contribution in [0.15, 0.2) is 12.1 Å². The summed E-state index contributed by atoms with van der Waals surface area (Å²) in [6, 6.07) is 4.30. The maximum atomic E-state index is 6.23. The van der Waals surface area contributed by atoms with Gasteiger partial charge in [0.25, 0.3) is 0 Å². The van der Waals surface area contributed by atoms with Crippen molar-refractivity contribution in [2.24, 2.45) is 0 Å². The molecule has 0 saturated carbocycles. The maximum absolute atomic E-state index is 6.23. The summed E-state index contributed by atoms with van der Waals surface area (Å²) >= 11 is 0. The minimum Gasteiger partial charge on any atom is -0.411 e. The molecule has 1 aromatic rings. The third-order valence-electron chi connectivity index (χ3n) is 4.37. The molecule has 0 aromatic carbocycles. The predicted molar refractivity (Wildman–Crippen MR) is 81.6 cm³/mol. The van der Waals surface area contributed by atoms with Crippen LogP contribution >= 0.6 is 0 Å². The van der Waals surface area contributed by atoms with Gasteiger partial charge in [0.1, 0.15) is 0 Å². The second-order valence-electron chi connectivity index (χ2n) is 6.88. The average Bonchev–Trinajstić information content (AvgIpc) is 2.35. The molecule has 0 amide bonds. The molecule has 2 rings (SSSR count). The van der Waals surface area contributed by atoms with Crippen molar-refractivity contribution in [1.29, 1.82) is 0 Å². The Morgan fingerprint density at radius 2 is 2.05 bits per heavy atom. The van der Waals surface area contributed by atoms with Crippen molar-refractivity contribution < 1.29 is 4.43 Å². The van der Waals surface area contributed by atoms with E-state index in [1.165, 1.54) is 11.3 Å². The number of nitrogens with zero attached hydrogens (tertiary/aromatic N) is 1. The van der Waals surface area contributed by atoms with E-state index in [1.54, 1.807) is 0 Å². The van der Waals surface area contributed by atoms with E-state index < -0.39 is 8.32 Å². The summed E-state index contributed by atoms with van der Waals surface area (Å²) in [5.41, 5.74) is 3.66. The third kappa shape index (κ3) is 3.44. The van der Waals surface area contributed by atoms with Gasteiger partial charge < -0.3 is 9.74 Å². The molecule has 1 aliphatic rings. The number of fused-ring (bicyclic) bond motifs is 1. The molecule has 0 bridgehead atoms. The second-order valence-corrected chi connectivity index (χ2v) is 11.7. The quantitative estimate of drug-likeness (QED) is 0.862. The van der Waals surface area contributed by atoms with Gasteiger partial charge in [0.15, 0.2) is 8.32 Å². The molecule has 0 saturated heterocycles. The van der Waals surface area contributed by atoms with E-state index in [4.69, 9.17) is 9.41 Å². The molecule has 0 aliphatic carbocycles. The van der Waals surface area contributed by atoms with Gasteiger partial charge in [-0.1, -0.05) is 26.8 Å². The average molecular weight is 278 g/mol. The Morgan fingerprint density at radius 3 is 2.74 bits per heavy atom. The lowest BCUT2D eigenvalue weighted by Gasteiger charge is -2.36. The van der Waals surface area contributed by atoms with E-state index in [-0.39, 0.29) is 5.04 Å². The van der Waals surface area contributed by atoms with Crippen LogP contribution < -0.4 is 5.32 Å². The Balaban J connectivity index is 2.04. The largest absolute Gasteiger partial charge is 0.411 e. The molecule has 3 nitrogen and oxygen atoms in total. The molecule has 0 unspecified atom stereocenters. The number of nitrogens with one attached hydrogen (secondary N) is 1. The zero-order chi connectivity index (χ0) is 14.1. The Labute approximate surface area is 117 Å². The maximum Gasteiger partial charge on any atom is 0.192 e. The van der Waals surface area contributed by atoms with Gasteiger partial charge in [0.05, 0.1) is 12.3 Å². The topological polar surface area (TPSA) is 34.1 Å². The van der Waals surface area contributed by atoms with Crippen LogP contribution in [0.5, 0.6) is 0 Å². The van der Waals surface area contributed by atoms with Gasteiger partial charge in [-0.15, -0.1) is 0 Å². The zero-order valence-electron chi connectivity index (χ0n) is 12.8. The highest BCUT2D eigenvalue weighted by atomic mass is 28.4. The van der Waals surface area contributed by atoms with Crippen molar-refractivity contribution >= 4 is 8.32 Å². The molecular weight excluding hydrogens is 252 g/mol. The lowest BCUT2D eigenvalue weighted by atomic mass is 10.1. The molecular formula is C15H26N2OSi. The molecule has 1 aromatic heterocycles. The van der Waals surface area contributed by atoms with Crippen molar-refractivity contribution in [3.63, 3.8) is 0 Å². The van der Waals surface area contributed by atoms with Gasteiger partial charge in [0, 0.05) is 25.2 Å². The normalized spacial score (nSPS) is 16.3. The lowest BCUT2D eigenvalue weighted by Crippen LogP contribution is -2.40. The van der Waals surface area contributed by atoms with Crippen molar-refractivity contribution in [1.82, 2.24) is 10.3 Å². The van der Waals surface area contributed by atoms with Gasteiger partial charge in [-0.3, -0.25) is 4.98 Å². The van der Waals surface area contributed by atoms with Crippen LogP contribution in [0.4, 0.5) is 0 Å². The number of pyridine rings is 1. The highest BCUT2D eigenvalue weighted by Crippen LogP contribution is 2.37. The molecule has 1 N–H and O–H groups in total. The minimum absolute atomic E-state index is 0.255. The fraction of sp³-hybridized carbons (Fsp3) is 0.667. The van der Waals surface area contributed by atoms with Gasteiger partial charge in [-0.2, -0.15) is 0 Å². The van der Waals surface area contributed by atoms with Crippen LogP contribution in [0.1, 0.15) is 37.7 Å². The summed E-state index contributed by atoms with van der Waals surface area (Å²) in [5.74, 6) is 0. The first-order chi connectivity index (χ1) is 8.79. The molecule has 0 atom stereocenters. The van der Waals surface area contributed by atoms with Gasteiger partial charge in [-0.25, -0.2) is 0 Å². The van der Waals surface area contributed by atoms with Crippen LogP contribution in [0.3, 0.4) is 0 Å². The molecule has 2 heterocycles. The highest BCUT2D eigenvalue weighted by molar-refractivity contribution is 6.74. The van der Waals surface area contributed by atoms with Crippen LogP contribution in [0.2, 0.25) is 18.1 Å². The molecule has 0 fully saturated rings. The van der Waals surface area contributed by atoms with Crippen molar-refractivity contribution in [3.05, 3.63) is 29.1 Å². The Kier molecular flexibility index (Phi) is 4.13. The zero-order valence-corrected chi connectivity index (χ0v) is 13.8. The first kappa shape index (κ1) is 14.7. The summed E-state index contributed by atoms with van der Waals surface area (Å²) in [6.45, 7) is 14.0. The number of aromatic nitrogens is 1. The Hall–Kier alpha value is -0.713. The SMILES string of the molecule is CC(C)(C)[Si](C)(C)OCc1ccc2c(n1)CCNC2. The van der Waals surface area contributed by atoms with E-state index in [1.807, 2.05) is 0 Å². The van der Waals surface area contributed by atoms with Crippen molar-refractivity contribution in [2.75, 3.05) is 6.54 Å². The van der Waals surface area contributed by atoms with E-state index in [0.717, 1.165) is 25.2 Å². The molecule has 1 aliphatic heterocycles. The predicted octanol–water partition coefficient (Wildman–Crippen LogP) is 3.25. The number of rotatable bonds is 3. The van der Waals surface area contributed by atoms with E-state index in [2.05, 4.69) is 51.3 Å². The first-order valence-electron chi connectivity index (χ1n) is 7.12. The minimum atomic E-state index is -1.68. The van der Waals surface area contributed by atoms with E-state index in [9.17, 15) is 0 Å². The lowest BCUT2D eigenvalue weighted by molar-refractivity contribution is 0.271. The summed E-state index contributed by atoms with van der Waals surface area (Å²) in [7, 11) is -1.68. The summed E-state index contributed by atoms with van der Waals surface area (Å²) in [6.07, 6.45) is 1.03. The van der Waals surface area contributed by atoms with E-state index in [0.29, 0.717) is 6.61 Å². The molecule has 106 valence electrons. The monoisotopic (exact) mass is 278 g/mol. The van der Waals surface area contributed by atoms with Gasteiger partial charge in [0.2, 0.25) is 0 Å². The molecule has 0 spiro atoms. The first-order valence-corrected chi connectivity index (χ1v) is 10.0. The van der Waals surface area contributed by atoms with Gasteiger partial charge in [-0.05, 0) is 29.8 Å². The summed E-state index contributed by atoms with van der Waals surface area (Å²) < 4.78 is 6.23. The number of hydrogen-bond donors (Lipinski definition) is 1. The third-order valence-corrected chi connectivity index (χ3v) is 8.85. The smallest absolute Gasteiger partial charge is 0.192 e.